The van der Waals surface area contributed by atoms with Crippen LogP contribution in [0, 0.1) is 5.41 Å². The molecule has 1 aliphatic rings. The summed E-state index contributed by atoms with van der Waals surface area (Å²) in [6.45, 7) is 4.12. The van der Waals surface area contributed by atoms with E-state index in [9.17, 15) is 4.79 Å². The maximum Gasteiger partial charge on any atom is 0.220 e. The number of rotatable bonds is 2. The normalized spacial score (nSPS) is 17.1. The molecule has 0 spiro atoms. The van der Waals surface area contributed by atoms with Crippen molar-refractivity contribution >= 4 is 23.9 Å². The van der Waals surface area contributed by atoms with Crippen LogP contribution in [0.25, 0.3) is 12.2 Å². The van der Waals surface area contributed by atoms with Crippen molar-refractivity contribution in [1.29, 1.82) is 0 Å². The highest BCUT2D eigenvalue weighted by atomic mass is 16.3. The molecular formula is C16H17N3O2. The van der Waals surface area contributed by atoms with Crippen LogP contribution in [0.15, 0.2) is 22.8 Å². The molecule has 0 bridgehead atoms. The van der Waals surface area contributed by atoms with Crippen LogP contribution in [-0.4, -0.2) is 15.8 Å². The highest BCUT2D eigenvalue weighted by molar-refractivity contribution is 6.02. The largest absolute Gasteiger partial charge is 0.465 e. The first-order valence-electron chi connectivity index (χ1n) is 6.86. The van der Waals surface area contributed by atoms with Gasteiger partial charge in [0.2, 0.25) is 5.95 Å². The Morgan fingerprint density at radius 3 is 2.81 bits per heavy atom. The van der Waals surface area contributed by atoms with E-state index in [-0.39, 0.29) is 17.1 Å². The van der Waals surface area contributed by atoms with Crippen molar-refractivity contribution in [3.63, 3.8) is 0 Å². The Labute approximate surface area is 122 Å². The van der Waals surface area contributed by atoms with Gasteiger partial charge in [0, 0.05) is 6.42 Å². The zero-order valence-electron chi connectivity index (χ0n) is 12.1. The second kappa shape index (κ2) is 4.84. The summed E-state index contributed by atoms with van der Waals surface area (Å²) in [6.07, 6.45) is 6.34. The van der Waals surface area contributed by atoms with Crippen LogP contribution in [0.2, 0.25) is 0 Å². The molecule has 2 N–H and O–H groups in total. The van der Waals surface area contributed by atoms with Crippen molar-refractivity contribution in [3.8, 4) is 0 Å². The highest BCUT2D eigenvalue weighted by Gasteiger charge is 2.34. The number of nitrogens with two attached hydrogens (primary N) is 1. The third-order valence-corrected chi connectivity index (χ3v) is 3.54. The van der Waals surface area contributed by atoms with E-state index < -0.39 is 0 Å². The van der Waals surface area contributed by atoms with Crippen molar-refractivity contribution in [2.75, 3.05) is 5.73 Å². The fourth-order valence-corrected chi connectivity index (χ4v) is 2.68. The summed E-state index contributed by atoms with van der Waals surface area (Å²) < 4.78 is 5.24. The SMILES string of the molecule is CC1(C)CC(=O)c2c(/C=C\c3ccco3)nc(N)nc2C1. The monoisotopic (exact) mass is 283 g/mol. The third-order valence-electron chi connectivity index (χ3n) is 3.54. The molecule has 0 saturated heterocycles. The molecule has 2 heterocycles. The molecular weight excluding hydrogens is 266 g/mol. The number of nitrogen functional groups attached to an aromatic ring is 1. The average molecular weight is 283 g/mol. The first-order valence-corrected chi connectivity index (χ1v) is 6.86. The van der Waals surface area contributed by atoms with E-state index in [1.54, 1.807) is 24.5 Å². The minimum absolute atomic E-state index is 0.0698. The Bertz CT molecular complexity index is 715. The van der Waals surface area contributed by atoms with Gasteiger partial charge >= 0.3 is 0 Å². The van der Waals surface area contributed by atoms with E-state index >= 15 is 0 Å². The number of carbonyl (C=O) groups excluding carboxylic acids is 1. The van der Waals surface area contributed by atoms with Crippen LogP contribution in [0.3, 0.4) is 0 Å². The molecule has 0 aliphatic heterocycles. The average Bonchev–Trinajstić information content (AvgIpc) is 2.86. The number of fused-ring (bicyclic) bond motifs is 1. The van der Waals surface area contributed by atoms with Gasteiger partial charge in [0.1, 0.15) is 5.76 Å². The smallest absolute Gasteiger partial charge is 0.220 e. The lowest BCUT2D eigenvalue weighted by Gasteiger charge is -2.29. The lowest BCUT2D eigenvalue weighted by molar-refractivity contribution is 0.0909. The van der Waals surface area contributed by atoms with E-state index in [0.717, 1.165) is 12.1 Å². The summed E-state index contributed by atoms with van der Waals surface area (Å²) >= 11 is 0. The number of ketones is 1. The molecule has 5 heteroatoms. The summed E-state index contributed by atoms with van der Waals surface area (Å²) in [4.78, 5) is 20.9. The van der Waals surface area contributed by atoms with Crippen LogP contribution < -0.4 is 5.73 Å². The zero-order chi connectivity index (χ0) is 15.0. The molecule has 21 heavy (non-hydrogen) atoms. The minimum atomic E-state index is -0.0904. The Morgan fingerprint density at radius 1 is 1.29 bits per heavy atom. The van der Waals surface area contributed by atoms with Gasteiger partial charge in [-0.2, -0.15) is 0 Å². The maximum absolute atomic E-state index is 12.4. The van der Waals surface area contributed by atoms with Gasteiger partial charge in [0.25, 0.3) is 0 Å². The lowest BCUT2D eigenvalue weighted by atomic mass is 9.75. The molecule has 0 radical (unpaired) electrons. The lowest BCUT2D eigenvalue weighted by Crippen LogP contribution is -2.29. The predicted molar refractivity (Wildman–Crippen MR) is 80.5 cm³/mol. The molecule has 0 saturated carbocycles. The van der Waals surface area contributed by atoms with Crippen LogP contribution in [0.4, 0.5) is 5.95 Å². The number of aromatic nitrogens is 2. The molecule has 0 fully saturated rings. The standard InChI is InChI=1S/C16H17N3O2/c1-16(2)8-12-14(13(20)9-16)11(18-15(17)19-12)6-5-10-4-3-7-21-10/h3-7H,8-9H2,1-2H3,(H2,17,18,19)/b6-5-. The Morgan fingerprint density at radius 2 is 2.10 bits per heavy atom. The number of hydrogen-bond donors (Lipinski definition) is 1. The second-order valence-corrected chi connectivity index (χ2v) is 6.08. The zero-order valence-corrected chi connectivity index (χ0v) is 12.1. The molecule has 5 nitrogen and oxygen atoms in total. The molecule has 0 aromatic carbocycles. The van der Waals surface area contributed by atoms with Gasteiger partial charge in [-0.25, -0.2) is 9.97 Å². The van der Waals surface area contributed by atoms with Gasteiger partial charge in [-0.05, 0) is 36.1 Å². The van der Waals surface area contributed by atoms with Crippen molar-refractivity contribution in [2.24, 2.45) is 5.41 Å². The summed E-state index contributed by atoms with van der Waals surface area (Å²) in [6, 6.07) is 3.63. The number of anilines is 1. The van der Waals surface area contributed by atoms with E-state index in [0.29, 0.717) is 23.4 Å². The number of carbonyl (C=O) groups is 1. The summed E-state index contributed by atoms with van der Waals surface area (Å²) in [7, 11) is 0. The molecule has 3 rings (SSSR count). The molecule has 1 aliphatic carbocycles. The van der Waals surface area contributed by atoms with Gasteiger partial charge in [-0.15, -0.1) is 0 Å². The summed E-state index contributed by atoms with van der Waals surface area (Å²) in [5, 5.41) is 0. The molecule has 2 aromatic heterocycles. The third kappa shape index (κ3) is 2.72. The number of furan rings is 1. The highest BCUT2D eigenvalue weighted by Crippen LogP contribution is 2.35. The van der Waals surface area contributed by atoms with Gasteiger partial charge in [0.05, 0.1) is 23.2 Å². The van der Waals surface area contributed by atoms with Crippen molar-refractivity contribution in [1.82, 2.24) is 9.97 Å². The number of hydrogen-bond acceptors (Lipinski definition) is 5. The van der Waals surface area contributed by atoms with Crippen molar-refractivity contribution < 1.29 is 9.21 Å². The van der Waals surface area contributed by atoms with E-state index in [2.05, 4.69) is 23.8 Å². The summed E-state index contributed by atoms with van der Waals surface area (Å²) in [5.41, 5.74) is 7.58. The topological polar surface area (TPSA) is 82.0 Å². The molecule has 0 unspecified atom stereocenters. The summed E-state index contributed by atoms with van der Waals surface area (Å²) in [5.74, 6) is 0.961. The maximum atomic E-state index is 12.4. The van der Waals surface area contributed by atoms with Gasteiger partial charge < -0.3 is 10.2 Å². The number of nitrogens with zero attached hydrogens (tertiary/aromatic N) is 2. The molecule has 0 atom stereocenters. The van der Waals surface area contributed by atoms with Crippen LogP contribution in [-0.2, 0) is 6.42 Å². The fraction of sp³-hybridized carbons (Fsp3) is 0.312. The van der Waals surface area contributed by atoms with Gasteiger partial charge in [-0.1, -0.05) is 13.8 Å². The van der Waals surface area contributed by atoms with Crippen molar-refractivity contribution in [2.45, 2.75) is 26.7 Å². The fourth-order valence-electron chi connectivity index (χ4n) is 2.68. The minimum Gasteiger partial charge on any atom is -0.465 e. The van der Waals surface area contributed by atoms with E-state index in [4.69, 9.17) is 10.2 Å². The predicted octanol–water partition coefficient (Wildman–Crippen LogP) is 2.98. The number of Topliss-reactive ketones (excluding diaryl/α,β-unsaturated/α-hetero) is 1. The Hall–Kier alpha value is -2.43. The van der Waals surface area contributed by atoms with Gasteiger partial charge in [0.15, 0.2) is 5.78 Å². The van der Waals surface area contributed by atoms with Crippen LogP contribution in [0.1, 0.15) is 47.8 Å². The van der Waals surface area contributed by atoms with Crippen LogP contribution in [0.5, 0.6) is 0 Å². The first-order chi connectivity index (χ1) is 9.94. The van der Waals surface area contributed by atoms with Crippen molar-refractivity contribution in [3.05, 3.63) is 41.1 Å². The Balaban J connectivity index is 2.06. The molecule has 0 amide bonds. The van der Waals surface area contributed by atoms with Crippen LogP contribution >= 0.6 is 0 Å². The van der Waals surface area contributed by atoms with E-state index in [1.165, 1.54) is 0 Å². The molecule has 108 valence electrons. The van der Waals surface area contributed by atoms with Gasteiger partial charge in [-0.3, -0.25) is 4.79 Å². The quantitative estimate of drug-likeness (QED) is 0.916. The first kappa shape index (κ1) is 13.5. The second-order valence-electron chi connectivity index (χ2n) is 6.08. The Kier molecular flexibility index (Phi) is 3.12. The van der Waals surface area contributed by atoms with E-state index in [1.807, 2.05) is 6.07 Å². The molecule has 2 aromatic rings.